The van der Waals surface area contributed by atoms with Crippen LogP contribution in [0.4, 0.5) is 0 Å². The lowest BCUT2D eigenvalue weighted by molar-refractivity contribution is 0.469. The van der Waals surface area contributed by atoms with E-state index in [-0.39, 0.29) is 7.43 Å². The van der Waals surface area contributed by atoms with E-state index in [2.05, 4.69) is 6.92 Å². The Bertz CT molecular complexity index is 140. The minimum atomic E-state index is 0. The van der Waals surface area contributed by atoms with Crippen LogP contribution in [0.1, 0.15) is 91.4 Å². The molecule has 0 amide bonds. The molecule has 0 bridgehead atoms. The summed E-state index contributed by atoms with van der Waals surface area (Å²) in [7, 11) is 0. The Morgan fingerprint density at radius 3 is 1.53 bits per heavy atom. The molecule has 104 valence electrons. The van der Waals surface area contributed by atoms with Crippen LogP contribution < -0.4 is 0 Å². The highest BCUT2D eigenvalue weighted by molar-refractivity contribution is 4.70. The maximum absolute atomic E-state index is 8.45. The van der Waals surface area contributed by atoms with Gasteiger partial charge in [0.05, 0.1) is 6.26 Å². The molecule has 0 aliphatic heterocycles. The second-order valence-electron chi connectivity index (χ2n) is 4.71. The fourth-order valence-corrected chi connectivity index (χ4v) is 2.00. The number of rotatable bonds is 12. The molecule has 0 aliphatic carbocycles. The zero-order valence-electron chi connectivity index (χ0n) is 11.1. The highest BCUT2D eigenvalue weighted by Gasteiger charge is 1.92. The third-order valence-electron chi connectivity index (χ3n) is 3.08. The Hall–Kier alpha value is -0.460. The minimum Gasteiger partial charge on any atom is -0.516 e. The van der Waals surface area contributed by atoms with Crippen LogP contribution in [0.2, 0.25) is 0 Å². The Kier molecular flexibility index (Phi) is 19.9. The molecule has 1 N–H and O–H groups in total. The minimum absolute atomic E-state index is 0. The van der Waals surface area contributed by atoms with Crippen molar-refractivity contribution in [2.45, 2.75) is 91.4 Å². The molecule has 0 unspecified atom stereocenters. The number of aliphatic hydroxyl groups excluding tert-OH is 1. The van der Waals surface area contributed by atoms with E-state index in [1.54, 1.807) is 0 Å². The van der Waals surface area contributed by atoms with Gasteiger partial charge < -0.3 is 5.11 Å². The molecule has 0 radical (unpaired) electrons. The van der Waals surface area contributed by atoms with Gasteiger partial charge in [-0.15, -0.1) is 0 Å². The normalized spacial score (nSPS) is 10.6. The van der Waals surface area contributed by atoms with Gasteiger partial charge in [-0.1, -0.05) is 84.6 Å². The summed E-state index contributed by atoms with van der Waals surface area (Å²) in [6, 6.07) is 0. The number of hydrogen-bond donors (Lipinski definition) is 1. The van der Waals surface area contributed by atoms with Gasteiger partial charge in [-0.25, -0.2) is 0 Å². The average Bonchev–Trinajstić information content (AvgIpc) is 2.31. The first-order valence-corrected chi connectivity index (χ1v) is 7.21. The predicted molar refractivity (Wildman–Crippen MR) is 79.6 cm³/mol. The summed E-state index contributed by atoms with van der Waals surface area (Å²) in [6.45, 7) is 2.27. The maximum Gasteiger partial charge on any atom is 0.0751 e. The molecule has 0 heterocycles. The summed E-state index contributed by atoms with van der Waals surface area (Å²) in [5.74, 6) is 0. The van der Waals surface area contributed by atoms with E-state index in [0.717, 1.165) is 12.7 Å². The van der Waals surface area contributed by atoms with Crippen molar-refractivity contribution in [3.05, 3.63) is 12.3 Å². The van der Waals surface area contributed by atoms with Gasteiger partial charge in [0.15, 0.2) is 0 Å². The van der Waals surface area contributed by atoms with E-state index >= 15 is 0 Å². The lowest BCUT2D eigenvalue weighted by Gasteiger charge is -2.01. The molecule has 0 atom stereocenters. The summed E-state index contributed by atoms with van der Waals surface area (Å²) in [5.41, 5.74) is 0. The molecule has 0 saturated carbocycles. The standard InChI is InChI=1S/C15H30O.CH4/c1-2-3-4-5-6-7-8-9-10-11-12-13-14-15-16;/h14-16H,2-13H2,1H3;1H4. The lowest BCUT2D eigenvalue weighted by atomic mass is 10.1. The van der Waals surface area contributed by atoms with Crippen molar-refractivity contribution in [1.82, 2.24) is 0 Å². The van der Waals surface area contributed by atoms with Crippen molar-refractivity contribution < 1.29 is 5.11 Å². The molecule has 1 heteroatoms. The predicted octanol–water partition coefficient (Wildman–Crippen LogP) is 6.40. The molecular weight excluding hydrogens is 208 g/mol. The van der Waals surface area contributed by atoms with E-state index in [9.17, 15) is 0 Å². The third-order valence-corrected chi connectivity index (χ3v) is 3.08. The van der Waals surface area contributed by atoms with E-state index in [0.29, 0.717) is 0 Å². The first kappa shape index (κ1) is 18.9. The van der Waals surface area contributed by atoms with Gasteiger partial charge in [0.2, 0.25) is 0 Å². The fraction of sp³-hybridized carbons (Fsp3) is 0.875. The fourth-order valence-electron chi connectivity index (χ4n) is 2.00. The largest absolute Gasteiger partial charge is 0.516 e. The van der Waals surface area contributed by atoms with Gasteiger partial charge in [0, 0.05) is 0 Å². The number of aliphatic hydroxyl groups is 1. The molecule has 0 aromatic carbocycles. The van der Waals surface area contributed by atoms with Crippen LogP contribution in [-0.4, -0.2) is 5.11 Å². The van der Waals surface area contributed by atoms with Gasteiger partial charge in [0.25, 0.3) is 0 Å². The molecule has 0 aromatic rings. The zero-order chi connectivity index (χ0) is 11.9. The molecular formula is C16H34O. The molecule has 0 aliphatic rings. The molecule has 17 heavy (non-hydrogen) atoms. The van der Waals surface area contributed by atoms with Crippen LogP contribution >= 0.6 is 0 Å². The van der Waals surface area contributed by atoms with Crippen molar-refractivity contribution >= 4 is 0 Å². The zero-order valence-corrected chi connectivity index (χ0v) is 11.1. The van der Waals surface area contributed by atoms with Crippen molar-refractivity contribution in [3.8, 4) is 0 Å². The number of unbranched alkanes of at least 4 members (excludes halogenated alkanes) is 11. The van der Waals surface area contributed by atoms with E-state index in [1.807, 2.05) is 6.08 Å². The molecule has 1 nitrogen and oxygen atoms in total. The highest BCUT2D eigenvalue weighted by Crippen LogP contribution is 2.11. The summed E-state index contributed by atoms with van der Waals surface area (Å²) in [4.78, 5) is 0. The molecule has 0 aromatic heterocycles. The Morgan fingerprint density at radius 2 is 1.12 bits per heavy atom. The first-order valence-electron chi connectivity index (χ1n) is 7.21. The van der Waals surface area contributed by atoms with Crippen LogP contribution in [0.25, 0.3) is 0 Å². The Balaban J connectivity index is 0. The van der Waals surface area contributed by atoms with Crippen molar-refractivity contribution in [2.24, 2.45) is 0 Å². The van der Waals surface area contributed by atoms with E-state index in [4.69, 9.17) is 5.11 Å². The third kappa shape index (κ3) is 18.1. The average molecular weight is 242 g/mol. The second-order valence-corrected chi connectivity index (χ2v) is 4.71. The topological polar surface area (TPSA) is 20.2 Å². The quantitative estimate of drug-likeness (QED) is 0.310. The van der Waals surface area contributed by atoms with Gasteiger partial charge in [0.1, 0.15) is 0 Å². The van der Waals surface area contributed by atoms with Crippen molar-refractivity contribution in [3.63, 3.8) is 0 Å². The van der Waals surface area contributed by atoms with Crippen molar-refractivity contribution in [2.75, 3.05) is 0 Å². The van der Waals surface area contributed by atoms with Gasteiger partial charge in [-0.2, -0.15) is 0 Å². The molecule has 0 fully saturated rings. The Labute approximate surface area is 109 Å². The van der Waals surface area contributed by atoms with Crippen LogP contribution in [-0.2, 0) is 0 Å². The van der Waals surface area contributed by atoms with Crippen LogP contribution in [0.15, 0.2) is 12.3 Å². The summed E-state index contributed by atoms with van der Waals surface area (Å²) in [6.07, 6.45) is 19.3. The van der Waals surface area contributed by atoms with Gasteiger partial charge in [-0.05, 0) is 12.8 Å². The van der Waals surface area contributed by atoms with Crippen LogP contribution in [0, 0.1) is 0 Å². The van der Waals surface area contributed by atoms with E-state index < -0.39 is 0 Å². The van der Waals surface area contributed by atoms with E-state index in [1.165, 1.54) is 70.6 Å². The number of hydrogen-bond acceptors (Lipinski definition) is 1. The summed E-state index contributed by atoms with van der Waals surface area (Å²) in [5, 5.41) is 8.45. The monoisotopic (exact) mass is 242 g/mol. The number of allylic oxidation sites excluding steroid dienone is 1. The smallest absolute Gasteiger partial charge is 0.0751 e. The van der Waals surface area contributed by atoms with Crippen LogP contribution in [0.5, 0.6) is 0 Å². The SMILES string of the molecule is C.CCCCCCCCCCCCCC=CO. The summed E-state index contributed by atoms with van der Waals surface area (Å²) >= 11 is 0. The summed E-state index contributed by atoms with van der Waals surface area (Å²) < 4.78 is 0. The second kappa shape index (κ2) is 17.9. The maximum atomic E-state index is 8.45. The molecule has 0 spiro atoms. The highest BCUT2D eigenvalue weighted by atomic mass is 16.2. The lowest BCUT2D eigenvalue weighted by Crippen LogP contribution is -1.81. The van der Waals surface area contributed by atoms with Crippen molar-refractivity contribution in [1.29, 1.82) is 0 Å². The van der Waals surface area contributed by atoms with Gasteiger partial charge >= 0.3 is 0 Å². The van der Waals surface area contributed by atoms with Gasteiger partial charge in [-0.3, -0.25) is 0 Å². The first-order chi connectivity index (χ1) is 7.91. The molecule has 0 rings (SSSR count). The Morgan fingerprint density at radius 1 is 0.706 bits per heavy atom. The molecule has 0 saturated heterocycles. The van der Waals surface area contributed by atoms with Crippen LogP contribution in [0.3, 0.4) is 0 Å².